The summed E-state index contributed by atoms with van der Waals surface area (Å²) in [6.45, 7) is 7.60. The molecule has 0 aromatic carbocycles. The van der Waals surface area contributed by atoms with Crippen LogP contribution in [0.25, 0.3) is 0 Å². The average Bonchev–Trinajstić information content (AvgIpc) is 1.86. The number of hydrogen-bond donors (Lipinski definition) is 1. The Kier molecular flexibility index (Phi) is 11.7. The molecule has 0 unspecified atom stereocenters. The first kappa shape index (κ1) is 13.8. The van der Waals surface area contributed by atoms with Crippen molar-refractivity contribution < 1.29 is 9.90 Å². The molecule has 0 aliphatic carbocycles. The van der Waals surface area contributed by atoms with Crippen molar-refractivity contribution >= 4 is 5.97 Å². The Morgan fingerprint density at radius 2 is 1.75 bits per heavy atom. The van der Waals surface area contributed by atoms with Gasteiger partial charge in [0.05, 0.1) is 0 Å². The zero-order valence-corrected chi connectivity index (χ0v) is 8.55. The minimum atomic E-state index is -0.833. The molecule has 1 N–H and O–H groups in total. The molecule has 0 spiro atoms. The molecule has 0 bridgehead atoms. The Hall–Kier alpha value is -0.790. The van der Waals surface area contributed by atoms with Crippen LogP contribution in [0.1, 0.15) is 47.0 Å². The second-order valence-electron chi connectivity index (χ2n) is 2.94. The molecule has 0 aromatic heterocycles. The summed E-state index contributed by atoms with van der Waals surface area (Å²) in [6, 6.07) is 0. The number of unbranched alkanes of at least 4 members (excludes halogenated alkanes) is 2. The van der Waals surface area contributed by atoms with Crippen molar-refractivity contribution in [2.75, 3.05) is 0 Å². The largest absolute Gasteiger partial charge is 0.481 e. The third-order valence-corrected chi connectivity index (χ3v) is 1.11. The standard InChI is InChI=1S/C8H16.C2H4O2/c1-4-5-6-7-8(2)3;1-2(3)4/h7H,4-6H2,1-3H3;1H3,(H,3,4). The molecule has 0 aliphatic heterocycles. The maximum absolute atomic E-state index is 9.00. The van der Waals surface area contributed by atoms with Gasteiger partial charge >= 0.3 is 0 Å². The van der Waals surface area contributed by atoms with Gasteiger partial charge in [0.25, 0.3) is 5.97 Å². The maximum atomic E-state index is 9.00. The van der Waals surface area contributed by atoms with Crippen LogP contribution in [0.5, 0.6) is 0 Å². The van der Waals surface area contributed by atoms with E-state index in [1.165, 1.54) is 24.8 Å². The summed E-state index contributed by atoms with van der Waals surface area (Å²) >= 11 is 0. The fraction of sp³-hybridized carbons (Fsp3) is 0.700. The Morgan fingerprint density at radius 3 is 2.00 bits per heavy atom. The van der Waals surface area contributed by atoms with E-state index in [-0.39, 0.29) is 0 Å². The number of rotatable bonds is 3. The Labute approximate surface area is 75.3 Å². The number of hydrogen-bond acceptors (Lipinski definition) is 1. The summed E-state index contributed by atoms with van der Waals surface area (Å²) in [7, 11) is 0. The van der Waals surface area contributed by atoms with Crippen LogP contribution in [0.2, 0.25) is 0 Å². The van der Waals surface area contributed by atoms with Gasteiger partial charge in [-0.05, 0) is 20.3 Å². The van der Waals surface area contributed by atoms with Gasteiger partial charge in [-0.25, -0.2) is 0 Å². The smallest absolute Gasteiger partial charge is 0.300 e. The molecule has 2 heteroatoms. The SMILES string of the molecule is CC(=O)O.CCCCC=C(C)C. The molecule has 0 aromatic rings. The summed E-state index contributed by atoms with van der Waals surface area (Å²) in [6.07, 6.45) is 6.21. The molecule has 12 heavy (non-hydrogen) atoms. The minimum Gasteiger partial charge on any atom is -0.481 e. The van der Waals surface area contributed by atoms with E-state index in [9.17, 15) is 0 Å². The van der Waals surface area contributed by atoms with Crippen molar-refractivity contribution in [3.63, 3.8) is 0 Å². The lowest BCUT2D eigenvalue weighted by molar-refractivity contribution is -0.134. The monoisotopic (exact) mass is 172 g/mol. The highest BCUT2D eigenvalue weighted by molar-refractivity contribution is 5.62. The van der Waals surface area contributed by atoms with E-state index >= 15 is 0 Å². The first-order chi connectivity index (χ1) is 5.50. The van der Waals surface area contributed by atoms with Gasteiger partial charge in [-0.3, -0.25) is 4.79 Å². The molecule has 0 atom stereocenters. The van der Waals surface area contributed by atoms with Crippen molar-refractivity contribution in [2.24, 2.45) is 0 Å². The summed E-state index contributed by atoms with van der Waals surface area (Å²) in [5.41, 5.74) is 1.44. The molecule has 72 valence electrons. The molecule has 2 nitrogen and oxygen atoms in total. The van der Waals surface area contributed by atoms with Crippen molar-refractivity contribution in [1.29, 1.82) is 0 Å². The van der Waals surface area contributed by atoms with Crippen molar-refractivity contribution in [1.82, 2.24) is 0 Å². The lowest BCUT2D eigenvalue weighted by Gasteiger charge is -1.89. The zero-order valence-electron chi connectivity index (χ0n) is 8.55. The first-order valence-electron chi connectivity index (χ1n) is 4.33. The first-order valence-corrected chi connectivity index (χ1v) is 4.33. The molecule has 0 heterocycles. The van der Waals surface area contributed by atoms with Crippen molar-refractivity contribution in [3.05, 3.63) is 11.6 Å². The summed E-state index contributed by atoms with van der Waals surface area (Å²) < 4.78 is 0. The Morgan fingerprint density at radius 1 is 1.33 bits per heavy atom. The molecule has 0 radical (unpaired) electrons. The lowest BCUT2D eigenvalue weighted by Crippen LogP contribution is -1.78. The number of carboxylic acid groups (broad SMARTS) is 1. The molecule has 0 saturated carbocycles. The predicted octanol–water partition coefficient (Wildman–Crippen LogP) is 3.23. The molecule has 0 aliphatic rings. The number of carbonyl (C=O) groups is 1. The van der Waals surface area contributed by atoms with Gasteiger partial charge in [-0.1, -0.05) is 31.4 Å². The molecule has 0 fully saturated rings. The second kappa shape index (κ2) is 10.2. The minimum absolute atomic E-state index is 0.833. The van der Waals surface area contributed by atoms with Crippen LogP contribution in [0.15, 0.2) is 11.6 Å². The van der Waals surface area contributed by atoms with E-state index in [1.54, 1.807) is 0 Å². The zero-order chi connectivity index (χ0) is 9.98. The molecular weight excluding hydrogens is 152 g/mol. The summed E-state index contributed by atoms with van der Waals surface area (Å²) in [5.74, 6) is -0.833. The summed E-state index contributed by atoms with van der Waals surface area (Å²) in [5, 5.41) is 7.42. The van der Waals surface area contributed by atoms with E-state index in [1.807, 2.05) is 0 Å². The lowest BCUT2D eigenvalue weighted by atomic mass is 10.2. The van der Waals surface area contributed by atoms with Gasteiger partial charge in [-0.15, -0.1) is 0 Å². The highest BCUT2D eigenvalue weighted by atomic mass is 16.4. The predicted molar refractivity (Wildman–Crippen MR) is 52.3 cm³/mol. The van der Waals surface area contributed by atoms with Crippen LogP contribution < -0.4 is 0 Å². The number of allylic oxidation sites excluding steroid dienone is 2. The van der Waals surface area contributed by atoms with E-state index in [0.717, 1.165) is 6.92 Å². The second-order valence-corrected chi connectivity index (χ2v) is 2.94. The highest BCUT2D eigenvalue weighted by Crippen LogP contribution is 1.98. The molecular formula is C10H20O2. The van der Waals surface area contributed by atoms with Gasteiger partial charge < -0.3 is 5.11 Å². The van der Waals surface area contributed by atoms with E-state index < -0.39 is 5.97 Å². The highest BCUT2D eigenvalue weighted by Gasteiger charge is 1.77. The molecule has 0 saturated heterocycles. The summed E-state index contributed by atoms with van der Waals surface area (Å²) in [4.78, 5) is 9.00. The normalized spacial score (nSPS) is 8.00. The van der Waals surface area contributed by atoms with Crippen LogP contribution in [0, 0.1) is 0 Å². The Bertz CT molecular complexity index is 129. The Balaban J connectivity index is 0. The van der Waals surface area contributed by atoms with Crippen LogP contribution in [0.4, 0.5) is 0 Å². The fourth-order valence-corrected chi connectivity index (χ4v) is 0.595. The van der Waals surface area contributed by atoms with Crippen LogP contribution >= 0.6 is 0 Å². The fourth-order valence-electron chi connectivity index (χ4n) is 0.595. The van der Waals surface area contributed by atoms with E-state index in [4.69, 9.17) is 9.90 Å². The van der Waals surface area contributed by atoms with Gasteiger partial charge in [0.1, 0.15) is 0 Å². The van der Waals surface area contributed by atoms with Crippen molar-refractivity contribution in [3.8, 4) is 0 Å². The third kappa shape index (κ3) is 35.0. The van der Waals surface area contributed by atoms with Gasteiger partial charge in [0, 0.05) is 6.92 Å². The van der Waals surface area contributed by atoms with E-state index in [0.29, 0.717) is 0 Å². The number of carboxylic acids is 1. The quantitative estimate of drug-likeness (QED) is 0.524. The average molecular weight is 172 g/mol. The third-order valence-electron chi connectivity index (χ3n) is 1.11. The van der Waals surface area contributed by atoms with E-state index in [2.05, 4.69) is 26.8 Å². The van der Waals surface area contributed by atoms with Crippen molar-refractivity contribution in [2.45, 2.75) is 47.0 Å². The van der Waals surface area contributed by atoms with Gasteiger partial charge in [0.2, 0.25) is 0 Å². The van der Waals surface area contributed by atoms with Crippen LogP contribution in [-0.2, 0) is 4.79 Å². The topological polar surface area (TPSA) is 37.3 Å². The molecule has 0 rings (SSSR count). The van der Waals surface area contributed by atoms with Gasteiger partial charge in [0.15, 0.2) is 0 Å². The maximum Gasteiger partial charge on any atom is 0.300 e. The van der Waals surface area contributed by atoms with Crippen LogP contribution in [-0.4, -0.2) is 11.1 Å². The number of aliphatic carboxylic acids is 1. The van der Waals surface area contributed by atoms with Crippen LogP contribution in [0.3, 0.4) is 0 Å². The van der Waals surface area contributed by atoms with Gasteiger partial charge in [-0.2, -0.15) is 0 Å². The molecule has 0 amide bonds.